The molecular formula is C14H19F2NO. The van der Waals surface area contributed by atoms with Crippen LogP contribution in [0.5, 0.6) is 0 Å². The quantitative estimate of drug-likeness (QED) is 0.793. The molecule has 0 radical (unpaired) electrons. The molecule has 0 spiro atoms. The molecule has 2 rings (SSSR count). The largest absolute Gasteiger partial charge is 0.396 e. The van der Waals surface area contributed by atoms with Crippen molar-refractivity contribution in [2.45, 2.75) is 37.6 Å². The van der Waals surface area contributed by atoms with Crippen LogP contribution in [0.3, 0.4) is 0 Å². The van der Waals surface area contributed by atoms with Crippen LogP contribution in [0.25, 0.3) is 0 Å². The molecule has 0 saturated heterocycles. The highest BCUT2D eigenvalue weighted by atomic mass is 19.1. The third kappa shape index (κ3) is 2.70. The van der Waals surface area contributed by atoms with Crippen molar-refractivity contribution in [3.8, 4) is 0 Å². The van der Waals surface area contributed by atoms with Gasteiger partial charge in [-0.3, -0.25) is 0 Å². The van der Waals surface area contributed by atoms with E-state index in [1.807, 2.05) is 0 Å². The summed E-state index contributed by atoms with van der Waals surface area (Å²) in [7, 11) is 0. The molecule has 18 heavy (non-hydrogen) atoms. The Kier molecular flexibility index (Phi) is 4.30. The van der Waals surface area contributed by atoms with E-state index >= 15 is 0 Å². The average Bonchev–Trinajstić information content (AvgIpc) is 2.79. The van der Waals surface area contributed by atoms with E-state index in [2.05, 4.69) is 5.32 Å². The molecular weight excluding hydrogens is 236 g/mol. The Morgan fingerprint density at radius 1 is 1.22 bits per heavy atom. The first-order chi connectivity index (χ1) is 8.68. The minimum atomic E-state index is -0.542. The van der Waals surface area contributed by atoms with Crippen LogP contribution in [0.2, 0.25) is 0 Å². The van der Waals surface area contributed by atoms with Gasteiger partial charge in [0.2, 0.25) is 0 Å². The van der Waals surface area contributed by atoms with Crippen molar-refractivity contribution >= 4 is 0 Å². The third-order valence-corrected chi connectivity index (χ3v) is 3.70. The Balaban J connectivity index is 2.23. The normalized spacial score (nSPS) is 18.2. The summed E-state index contributed by atoms with van der Waals surface area (Å²) in [6, 6.07) is 3.80. The predicted octanol–water partition coefficient (Wildman–Crippen LogP) is 2.71. The fraction of sp³-hybridized carbons (Fsp3) is 0.571. The van der Waals surface area contributed by atoms with Gasteiger partial charge in [-0.1, -0.05) is 18.9 Å². The van der Waals surface area contributed by atoms with Gasteiger partial charge < -0.3 is 10.4 Å². The molecule has 1 saturated carbocycles. The highest BCUT2D eigenvalue weighted by molar-refractivity contribution is 5.28. The predicted molar refractivity (Wildman–Crippen MR) is 66.2 cm³/mol. The van der Waals surface area contributed by atoms with Crippen molar-refractivity contribution in [1.29, 1.82) is 0 Å². The first-order valence-electron chi connectivity index (χ1n) is 6.49. The van der Waals surface area contributed by atoms with Crippen molar-refractivity contribution in [2.24, 2.45) is 0 Å². The second-order valence-electron chi connectivity index (χ2n) is 4.92. The lowest BCUT2D eigenvalue weighted by molar-refractivity contribution is 0.264. The van der Waals surface area contributed by atoms with Crippen LogP contribution >= 0.6 is 0 Å². The molecule has 0 bridgehead atoms. The molecule has 4 heteroatoms. The molecule has 0 amide bonds. The number of benzene rings is 1. The zero-order valence-corrected chi connectivity index (χ0v) is 10.4. The van der Waals surface area contributed by atoms with E-state index in [0.717, 1.165) is 31.7 Å². The van der Waals surface area contributed by atoms with Crippen LogP contribution in [0.1, 0.15) is 37.7 Å². The van der Waals surface area contributed by atoms with E-state index in [9.17, 15) is 8.78 Å². The van der Waals surface area contributed by atoms with Crippen LogP contribution in [0.4, 0.5) is 8.78 Å². The summed E-state index contributed by atoms with van der Waals surface area (Å²) in [4.78, 5) is 0. The van der Waals surface area contributed by atoms with Crippen molar-refractivity contribution in [3.05, 3.63) is 35.4 Å². The topological polar surface area (TPSA) is 32.3 Å². The summed E-state index contributed by atoms with van der Waals surface area (Å²) in [5.41, 5.74) is 0.173. The van der Waals surface area contributed by atoms with E-state index in [-0.39, 0.29) is 12.1 Å². The number of aliphatic hydroxyl groups is 1. The van der Waals surface area contributed by atoms with Crippen molar-refractivity contribution < 1.29 is 13.9 Å². The number of aliphatic hydroxyl groups excluding tert-OH is 1. The maximum Gasteiger partial charge on any atom is 0.131 e. The fourth-order valence-electron chi connectivity index (χ4n) is 2.80. The first-order valence-corrected chi connectivity index (χ1v) is 6.49. The van der Waals surface area contributed by atoms with E-state index in [4.69, 9.17) is 5.11 Å². The van der Waals surface area contributed by atoms with E-state index < -0.39 is 11.6 Å². The molecule has 0 atom stereocenters. The zero-order chi connectivity index (χ0) is 13.0. The Labute approximate surface area is 106 Å². The summed E-state index contributed by atoms with van der Waals surface area (Å²) >= 11 is 0. The summed E-state index contributed by atoms with van der Waals surface area (Å²) in [5, 5.41) is 12.2. The Bertz CT molecular complexity index is 403. The van der Waals surface area contributed by atoms with Gasteiger partial charge in [0, 0.05) is 23.8 Å². The maximum absolute atomic E-state index is 13.9. The SMILES string of the molecule is OCCCNC1(c2ccc(F)cc2F)CCCC1. The molecule has 1 aliphatic carbocycles. The molecule has 0 aliphatic heterocycles. The van der Waals surface area contributed by atoms with E-state index in [1.165, 1.54) is 6.07 Å². The van der Waals surface area contributed by atoms with Gasteiger partial charge in [-0.15, -0.1) is 0 Å². The second-order valence-corrected chi connectivity index (χ2v) is 4.92. The van der Waals surface area contributed by atoms with Crippen LogP contribution < -0.4 is 5.32 Å². The number of rotatable bonds is 5. The summed E-state index contributed by atoms with van der Waals surface area (Å²) in [5.74, 6) is -1.02. The highest BCUT2D eigenvalue weighted by Gasteiger charge is 2.36. The minimum Gasteiger partial charge on any atom is -0.396 e. The Morgan fingerprint density at radius 3 is 2.56 bits per heavy atom. The number of halogens is 2. The number of hydrogen-bond donors (Lipinski definition) is 2. The van der Waals surface area contributed by atoms with Crippen molar-refractivity contribution in [2.75, 3.05) is 13.2 Å². The molecule has 1 aliphatic rings. The summed E-state index contributed by atoms with van der Waals surface area (Å²) < 4.78 is 26.9. The molecule has 2 nitrogen and oxygen atoms in total. The lowest BCUT2D eigenvalue weighted by atomic mass is 9.87. The van der Waals surface area contributed by atoms with Crippen LogP contribution in [-0.4, -0.2) is 18.3 Å². The van der Waals surface area contributed by atoms with Gasteiger partial charge in [0.25, 0.3) is 0 Å². The maximum atomic E-state index is 13.9. The van der Waals surface area contributed by atoms with Gasteiger partial charge in [0.1, 0.15) is 11.6 Å². The van der Waals surface area contributed by atoms with Crippen molar-refractivity contribution in [1.82, 2.24) is 5.32 Å². The standard InChI is InChI=1S/C14H19F2NO/c15-11-4-5-12(13(16)10-11)14(6-1-2-7-14)17-8-3-9-18/h4-5,10,17-18H,1-3,6-9H2. The molecule has 0 aromatic heterocycles. The fourth-order valence-corrected chi connectivity index (χ4v) is 2.80. The van der Waals surface area contributed by atoms with Gasteiger partial charge in [0.05, 0.1) is 0 Å². The number of hydrogen-bond acceptors (Lipinski definition) is 2. The van der Waals surface area contributed by atoms with Gasteiger partial charge in [-0.25, -0.2) is 8.78 Å². The smallest absolute Gasteiger partial charge is 0.131 e. The molecule has 1 aromatic rings. The molecule has 0 heterocycles. The monoisotopic (exact) mass is 255 g/mol. The van der Waals surface area contributed by atoms with Crippen LogP contribution in [-0.2, 0) is 5.54 Å². The lowest BCUT2D eigenvalue weighted by Crippen LogP contribution is -2.41. The van der Waals surface area contributed by atoms with Crippen LogP contribution in [0.15, 0.2) is 18.2 Å². The summed E-state index contributed by atoms with van der Waals surface area (Å²) in [6.07, 6.45) is 4.46. The first kappa shape index (κ1) is 13.4. The average molecular weight is 255 g/mol. The van der Waals surface area contributed by atoms with Gasteiger partial charge in [-0.05, 0) is 31.9 Å². The molecule has 0 unspecified atom stereocenters. The lowest BCUT2D eigenvalue weighted by Gasteiger charge is -2.31. The van der Waals surface area contributed by atoms with Gasteiger partial charge >= 0.3 is 0 Å². The third-order valence-electron chi connectivity index (χ3n) is 3.70. The molecule has 100 valence electrons. The molecule has 1 aromatic carbocycles. The Hall–Kier alpha value is -1.00. The number of nitrogens with one attached hydrogen (secondary N) is 1. The van der Waals surface area contributed by atoms with Gasteiger partial charge in [0.15, 0.2) is 0 Å². The molecule has 1 fully saturated rings. The second kappa shape index (κ2) is 5.76. The minimum absolute atomic E-state index is 0.120. The van der Waals surface area contributed by atoms with Gasteiger partial charge in [-0.2, -0.15) is 0 Å². The summed E-state index contributed by atoms with van der Waals surface area (Å²) in [6.45, 7) is 0.766. The van der Waals surface area contributed by atoms with Crippen molar-refractivity contribution in [3.63, 3.8) is 0 Å². The molecule has 2 N–H and O–H groups in total. The van der Waals surface area contributed by atoms with E-state index in [1.54, 1.807) is 6.07 Å². The zero-order valence-electron chi connectivity index (χ0n) is 10.4. The van der Waals surface area contributed by atoms with E-state index in [0.29, 0.717) is 18.5 Å². The van der Waals surface area contributed by atoms with Crippen LogP contribution in [0, 0.1) is 11.6 Å². The Morgan fingerprint density at radius 2 is 1.94 bits per heavy atom. The highest BCUT2D eigenvalue weighted by Crippen LogP contribution is 2.39.